The van der Waals surface area contributed by atoms with Crippen LogP contribution in [0.5, 0.6) is 0 Å². The van der Waals surface area contributed by atoms with Crippen LogP contribution in [0.1, 0.15) is 77.6 Å². The first kappa shape index (κ1) is 45.1. The number of hydrogen-bond acceptors (Lipinski definition) is 0. The molecule has 0 amide bonds. The Balaban J connectivity index is -0.000000112. The fourth-order valence-electron chi connectivity index (χ4n) is 2.14. The van der Waals surface area contributed by atoms with Gasteiger partial charge in [-0.15, -0.1) is 0 Å². The maximum absolute atomic E-state index is 2.08. The Labute approximate surface area is 262 Å². The first-order valence-electron chi connectivity index (χ1n) is 13.6. The Hall–Kier alpha value is -1.86. The van der Waals surface area contributed by atoms with E-state index in [0.29, 0.717) is 0 Å². The van der Waals surface area contributed by atoms with Crippen molar-refractivity contribution in [3.63, 3.8) is 0 Å². The van der Waals surface area contributed by atoms with Crippen LogP contribution in [-0.2, 0) is 0 Å². The topological polar surface area (TPSA) is 0 Å². The van der Waals surface area contributed by atoms with Crippen molar-refractivity contribution >= 4 is 0 Å². The summed E-state index contributed by atoms with van der Waals surface area (Å²) >= 11 is 0. The molecule has 0 atom stereocenters. The van der Waals surface area contributed by atoms with Crippen molar-refractivity contribution < 1.29 is 37.7 Å². The van der Waals surface area contributed by atoms with E-state index in [-0.39, 0.29) is 37.7 Å². The third-order valence-electron chi connectivity index (χ3n) is 3.76. The monoisotopic (exact) mass is 528 g/mol. The number of benzene rings is 4. The zero-order chi connectivity index (χ0) is 28.5. The molecule has 0 radical (unpaired) electrons. The zero-order valence-electron chi connectivity index (χ0n) is 25.9. The number of hydrogen-bond donors (Lipinski definition) is 0. The molecule has 0 bridgehead atoms. The first-order chi connectivity index (χ1) is 17.6. The molecule has 208 valence electrons. The van der Waals surface area contributed by atoms with Crippen LogP contribution in [0.3, 0.4) is 0 Å². The minimum atomic E-state index is 0. The van der Waals surface area contributed by atoms with Gasteiger partial charge in [0.15, 0.2) is 0 Å². The smallest absolute Gasteiger partial charge is 0 e. The predicted molar refractivity (Wildman–Crippen MR) is 170 cm³/mol. The van der Waals surface area contributed by atoms with E-state index in [1.165, 1.54) is 22.3 Å². The molecular formula is C36H56Ar. The summed E-state index contributed by atoms with van der Waals surface area (Å²) in [5, 5.41) is 0. The van der Waals surface area contributed by atoms with Crippen LogP contribution < -0.4 is 0 Å². The van der Waals surface area contributed by atoms with Crippen LogP contribution in [0.25, 0.3) is 0 Å². The molecule has 0 N–H and O–H groups in total. The molecule has 0 nitrogen and oxygen atoms in total. The Morgan fingerprint density at radius 1 is 0.243 bits per heavy atom. The van der Waals surface area contributed by atoms with Crippen LogP contribution in [0.4, 0.5) is 0 Å². The van der Waals surface area contributed by atoms with Gasteiger partial charge in [0.2, 0.25) is 0 Å². The van der Waals surface area contributed by atoms with E-state index in [9.17, 15) is 0 Å². The molecule has 0 aliphatic heterocycles. The molecule has 0 unspecified atom stereocenters. The third-order valence-corrected chi connectivity index (χ3v) is 3.76. The molecule has 0 spiro atoms. The summed E-state index contributed by atoms with van der Waals surface area (Å²) in [4.78, 5) is 0. The molecule has 1 heteroatoms. The minimum absolute atomic E-state index is 0. The van der Waals surface area contributed by atoms with Crippen LogP contribution >= 0.6 is 0 Å². The standard InChI is InChI=1S/4C7H8.4C2H6.Ar/c4*1-7-5-3-2-4-6-7;4*1-2;/h4*2-6H,1H3;4*1-2H3;. The van der Waals surface area contributed by atoms with Crippen molar-refractivity contribution in [2.45, 2.75) is 83.1 Å². The quantitative estimate of drug-likeness (QED) is 0.213. The van der Waals surface area contributed by atoms with Gasteiger partial charge < -0.3 is 0 Å². The van der Waals surface area contributed by atoms with E-state index in [0.717, 1.165) is 0 Å². The molecule has 0 aliphatic carbocycles. The van der Waals surface area contributed by atoms with E-state index < -0.39 is 0 Å². The molecule has 0 saturated heterocycles. The van der Waals surface area contributed by atoms with Crippen molar-refractivity contribution in [3.8, 4) is 0 Å². The van der Waals surface area contributed by atoms with E-state index in [2.05, 4.69) is 76.2 Å². The normalized spacial score (nSPS) is 7.24. The van der Waals surface area contributed by atoms with Crippen LogP contribution in [0, 0.1) is 65.4 Å². The molecule has 0 aromatic heterocycles. The van der Waals surface area contributed by atoms with Gasteiger partial charge in [0.1, 0.15) is 0 Å². The SMILES string of the molecule is CC.CC.CC.CC.Cc1ccccc1.Cc1ccccc1.Cc1ccccc1.Cc1ccccc1.[Ar]. The van der Waals surface area contributed by atoms with Crippen LogP contribution in [-0.4, -0.2) is 0 Å². The fraction of sp³-hybridized carbons (Fsp3) is 0.333. The molecule has 4 aromatic carbocycles. The minimum Gasteiger partial charge on any atom is -0.0683 e. The summed E-state index contributed by atoms with van der Waals surface area (Å²) in [6.07, 6.45) is 0. The van der Waals surface area contributed by atoms with Gasteiger partial charge in [-0.25, -0.2) is 0 Å². The first-order valence-corrected chi connectivity index (χ1v) is 13.6. The van der Waals surface area contributed by atoms with Crippen molar-refractivity contribution in [1.29, 1.82) is 0 Å². The molecule has 0 heterocycles. The molecule has 4 aromatic rings. The van der Waals surface area contributed by atoms with Crippen molar-refractivity contribution in [1.82, 2.24) is 0 Å². The van der Waals surface area contributed by atoms with Gasteiger partial charge in [-0.3, -0.25) is 0 Å². The van der Waals surface area contributed by atoms with E-state index in [1.807, 2.05) is 128 Å². The van der Waals surface area contributed by atoms with E-state index in [1.54, 1.807) is 0 Å². The van der Waals surface area contributed by atoms with Crippen LogP contribution in [0.15, 0.2) is 121 Å². The second-order valence-electron chi connectivity index (χ2n) is 6.62. The molecule has 0 fully saturated rings. The maximum atomic E-state index is 2.08. The van der Waals surface area contributed by atoms with Gasteiger partial charge in [0.25, 0.3) is 0 Å². The van der Waals surface area contributed by atoms with Gasteiger partial charge in [0, 0.05) is 37.7 Å². The zero-order valence-corrected chi connectivity index (χ0v) is 26.6. The molecule has 4 rings (SSSR count). The van der Waals surface area contributed by atoms with Crippen LogP contribution in [0.2, 0.25) is 0 Å². The molecule has 0 aliphatic rings. The summed E-state index contributed by atoms with van der Waals surface area (Å²) in [5.74, 6) is 0. The second kappa shape index (κ2) is 41.3. The summed E-state index contributed by atoms with van der Waals surface area (Å²) in [6, 6.07) is 41.0. The van der Waals surface area contributed by atoms with Gasteiger partial charge in [0.05, 0.1) is 0 Å². The van der Waals surface area contributed by atoms with Gasteiger partial charge >= 0.3 is 0 Å². The van der Waals surface area contributed by atoms with Gasteiger partial charge in [-0.2, -0.15) is 0 Å². The Bertz CT molecular complexity index is 676. The average molecular weight is 529 g/mol. The second-order valence-corrected chi connectivity index (χ2v) is 6.62. The van der Waals surface area contributed by atoms with E-state index >= 15 is 0 Å². The summed E-state index contributed by atoms with van der Waals surface area (Å²) in [7, 11) is 0. The largest absolute Gasteiger partial charge is 0.0683 e. The molecular weight excluding hydrogens is 472 g/mol. The molecule has 37 heavy (non-hydrogen) atoms. The Kier molecular flexibility index (Phi) is 50.3. The maximum Gasteiger partial charge on any atom is 0 e. The predicted octanol–water partition coefficient (Wildman–Crippen LogP) is 12.1. The Morgan fingerprint density at radius 2 is 0.351 bits per heavy atom. The Morgan fingerprint density at radius 3 is 0.405 bits per heavy atom. The van der Waals surface area contributed by atoms with Crippen molar-refractivity contribution in [3.05, 3.63) is 144 Å². The van der Waals surface area contributed by atoms with Crippen molar-refractivity contribution in [2.75, 3.05) is 0 Å². The summed E-state index contributed by atoms with van der Waals surface area (Å²) in [5.41, 5.74) is 5.29. The van der Waals surface area contributed by atoms with Gasteiger partial charge in [-0.1, -0.05) is 199 Å². The summed E-state index contributed by atoms with van der Waals surface area (Å²) in [6.45, 7) is 24.3. The third kappa shape index (κ3) is 38.8. The molecule has 0 saturated carbocycles. The van der Waals surface area contributed by atoms with Crippen molar-refractivity contribution in [2.24, 2.45) is 0 Å². The number of rotatable bonds is 0. The summed E-state index contributed by atoms with van der Waals surface area (Å²) < 4.78 is 0. The fourth-order valence-corrected chi connectivity index (χ4v) is 2.14. The number of aryl methyl sites for hydroxylation is 4. The van der Waals surface area contributed by atoms with E-state index in [4.69, 9.17) is 0 Å². The average Bonchev–Trinajstić information content (AvgIpc) is 2.96. The van der Waals surface area contributed by atoms with Gasteiger partial charge in [-0.05, 0) is 27.7 Å².